The van der Waals surface area contributed by atoms with Gasteiger partial charge in [-0.1, -0.05) is 0 Å². The van der Waals surface area contributed by atoms with Crippen molar-refractivity contribution in [2.75, 3.05) is 20.3 Å². The molecule has 21 heavy (non-hydrogen) atoms. The molecule has 7 heteroatoms. The number of nitrogens with one attached hydrogen (secondary N) is 1. The normalized spacial score (nSPS) is 10.6. The summed E-state index contributed by atoms with van der Waals surface area (Å²) in [5.74, 6) is 0.549. The van der Waals surface area contributed by atoms with Crippen LogP contribution in [0.5, 0.6) is 5.88 Å². The van der Waals surface area contributed by atoms with Crippen LogP contribution in [-0.4, -0.2) is 34.9 Å². The van der Waals surface area contributed by atoms with Crippen LogP contribution in [0.4, 0.5) is 0 Å². The summed E-state index contributed by atoms with van der Waals surface area (Å²) in [5.41, 5.74) is 1.26. The largest absolute Gasteiger partial charge is 0.478 e. The van der Waals surface area contributed by atoms with E-state index in [1.165, 1.54) is 6.07 Å². The van der Waals surface area contributed by atoms with Crippen molar-refractivity contribution in [3.05, 3.63) is 39.5 Å². The molecule has 6 nitrogen and oxygen atoms in total. The summed E-state index contributed by atoms with van der Waals surface area (Å²) in [6.45, 7) is 3.50. The summed E-state index contributed by atoms with van der Waals surface area (Å²) in [6.07, 6.45) is 1.66. The molecule has 112 valence electrons. The lowest BCUT2D eigenvalue weighted by molar-refractivity contribution is 0.186. The van der Waals surface area contributed by atoms with Crippen molar-refractivity contribution in [2.45, 2.75) is 13.5 Å². The van der Waals surface area contributed by atoms with E-state index in [9.17, 15) is 4.79 Å². The van der Waals surface area contributed by atoms with Crippen molar-refractivity contribution < 1.29 is 9.47 Å². The van der Waals surface area contributed by atoms with Crippen molar-refractivity contribution in [2.24, 2.45) is 0 Å². The van der Waals surface area contributed by atoms with Crippen molar-refractivity contribution in [3.63, 3.8) is 0 Å². The zero-order chi connectivity index (χ0) is 15.2. The number of hydrogen-bond donors (Lipinski definition) is 1. The van der Waals surface area contributed by atoms with E-state index >= 15 is 0 Å². The van der Waals surface area contributed by atoms with Gasteiger partial charge in [-0.15, -0.1) is 0 Å². The van der Waals surface area contributed by atoms with Gasteiger partial charge in [0, 0.05) is 37.5 Å². The third kappa shape index (κ3) is 3.77. The van der Waals surface area contributed by atoms with Gasteiger partial charge in [0.25, 0.3) is 5.56 Å². The monoisotopic (exact) mass is 307 g/mol. The summed E-state index contributed by atoms with van der Waals surface area (Å²) in [4.78, 5) is 18.5. The second kappa shape index (κ2) is 7.14. The Labute approximate surface area is 127 Å². The Morgan fingerprint density at radius 1 is 1.43 bits per heavy atom. The molecule has 0 saturated carbocycles. The Morgan fingerprint density at radius 2 is 2.24 bits per heavy atom. The zero-order valence-corrected chi connectivity index (χ0v) is 12.8. The summed E-state index contributed by atoms with van der Waals surface area (Å²) < 4.78 is 12.6. The van der Waals surface area contributed by atoms with Gasteiger partial charge in [-0.25, -0.2) is 4.98 Å². The fourth-order valence-corrected chi connectivity index (χ4v) is 2.22. The molecule has 2 rings (SSSR count). The quantitative estimate of drug-likeness (QED) is 0.827. The van der Waals surface area contributed by atoms with E-state index in [0.29, 0.717) is 36.1 Å². The molecule has 0 amide bonds. The van der Waals surface area contributed by atoms with E-state index in [-0.39, 0.29) is 5.56 Å². The Balaban J connectivity index is 2.46. The molecule has 0 aromatic carbocycles. The number of nitrogens with zero attached hydrogens (tertiary/aromatic N) is 2. The maximum atomic E-state index is 11.7. The van der Waals surface area contributed by atoms with E-state index in [2.05, 4.69) is 9.97 Å². The van der Waals surface area contributed by atoms with Gasteiger partial charge >= 0.3 is 0 Å². The van der Waals surface area contributed by atoms with Gasteiger partial charge in [0.05, 0.1) is 18.9 Å². The number of aromatic nitrogens is 3. The van der Waals surface area contributed by atoms with Gasteiger partial charge in [0.1, 0.15) is 0 Å². The first-order valence-corrected chi connectivity index (χ1v) is 6.99. The molecule has 0 radical (unpaired) electrons. The number of H-pyrrole nitrogens is 1. The molecule has 2 aromatic heterocycles. The van der Waals surface area contributed by atoms with Gasteiger partial charge < -0.3 is 14.0 Å². The van der Waals surface area contributed by atoms with Crippen molar-refractivity contribution >= 4 is 12.2 Å². The molecule has 0 aliphatic rings. The summed E-state index contributed by atoms with van der Waals surface area (Å²) in [7, 11) is 1.62. The summed E-state index contributed by atoms with van der Waals surface area (Å²) >= 11 is 5.21. The van der Waals surface area contributed by atoms with Crippen molar-refractivity contribution in [1.29, 1.82) is 0 Å². The minimum Gasteiger partial charge on any atom is -0.478 e. The van der Waals surface area contributed by atoms with Crippen LogP contribution in [0.25, 0.3) is 11.3 Å². The second-order valence-corrected chi connectivity index (χ2v) is 4.67. The third-order valence-corrected chi connectivity index (χ3v) is 3.20. The number of ether oxygens (including phenoxy) is 2. The van der Waals surface area contributed by atoms with Crippen molar-refractivity contribution in [1.82, 2.24) is 14.5 Å². The van der Waals surface area contributed by atoms with Crippen LogP contribution in [0.1, 0.15) is 6.92 Å². The highest BCUT2D eigenvalue weighted by Crippen LogP contribution is 2.19. The topological polar surface area (TPSA) is 69.1 Å². The Bertz CT molecular complexity index is 707. The molecule has 0 spiro atoms. The number of aromatic amines is 1. The molecular formula is C14H17N3O3S. The van der Waals surface area contributed by atoms with E-state index in [4.69, 9.17) is 21.7 Å². The molecular weight excluding hydrogens is 290 g/mol. The molecule has 0 aliphatic heterocycles. The third-order valence-electron chi connectivity index (χ3n) is 2.88. The molecule has 0 fully saturated rings. The molecule has 0 atom stereocenters. The SMILES string of the molecule is CCOc1ccc(-c2cc(=O)[nH]c(=S)n2CCOC)cn1. The van der Waals surface area contributed by atoms with E-state index in [0.717, 1.165) is 5.56 Å². The number of hydrogen-bond acceptors (Lipinski definition) is 5. The predicted octanol–water partition coefficient (Wildman–Crippen LogP) is 2.01. The van der Waals surface area contributed by atoms with Gasteiger partial charge in [0.2, 0.25) is 5.88 Å². The average molecular weight is 307 g/mol. The molecule has 2 aromatic rings. The lowest BCUT2D eigenvalue weighted by Crippen LogP contribution is -2.16. The highest BCUT2D eigenvalue weighted by Gasteiger charge is 2.07. The van der Waals surface area contributed by atoms with Crippen LogP contribution >= 0.6 is 12.2 Å². The predicted molar refractivity (Wildman–Crippen MR) is 82.2 cm³/mol. The summed E-state index contributed by atoms with van der Waals surface area (Å²) in [6, 6.07) is 5.12. The van der Waals surface area contributed by atoms with Crippen LogP contribution in [0.15, 0.2) is 29.2 Å². The molecule has 0 saturated heterocycles. The maximum Gasteiger partial charge on any atom is 0.252 e. The summed E-state index contributed by atoms with van der Waals surface area (Å²) in [5, 5.41) is 0. The van der Waals surface area contributed by atoms with Crippen LogP contribution < -0.4 is 10.3 Å². The maximum absolute atomic E-state index is 11.7. The Morgan fingerprint density at radius 3 is 2.86 bits per heavy atom. The van der Waals surface area contributed by atoms with E-state index in [1.54, 1.807) is 19.4 Å². The second-order valence-electron chi connectivity index (χ2n) is 4.29. The highest BCUT2D eigenvalue weighted by atomic mass is 32.1. The van der Waals surface area contributed by atoms with E-state index in [1.807, 2.05) is 17.6 Å². The van der Waals surface area contributed by atoms with Crippen LogP contribution in [0.3, 0.4) is 0 Å². The number of methoxy groups -OCH3 is 1. The molecule has 0 unspecified atom stereocenters. The fraction of sp³-hybridized carbons (Fsp3) is 0.357. The first-order chi connectivity index (χ1) is 10.2. The minimum atomic E-state index is -0.238. The number of rotatable bonds is 6. The van der Waals surface area contributed by atoms with Crippen LogP contribution in [-0.2, 0) is 11.3 Å². The molecule has 2 heterocycles. The van der Waals surface area contributed by atoms with Gasteiger partial charge in [-0.3, -0.25) is 9.78 Å². The van der Waals surface area contributed by atoms with Crippen LogP contribution in [0, 0.1) is 4.77 Å². The number of pyridine rings is 1. The lowest BCUT2D eigenvalue weighted by Gasteiger charge is -2.13. The van der Waals surface area contributed by atoms with Gasteiger partial charge in [-0.05, 0) is 25.2 Å². The molecule has 1 N–H and O–H groups in total. The average Bonchev–Trinajstić information content (AvgIpc) is 2.47. The van der Waals surface area contributed by atoms with Gasteiger partial charge in [-0.2, -0.15) is 0 Å². The smallest absolute Gasteiger partial charge is 0.252 e. The van der Waals surface area contributed by atoms with Crippen molar-refractivity contribution in [3.8, 4) is 17.1 Å². The first-order valence-electron chi connectivity index (χ1n) is 6.58. The highest BCUT2D eigenvalue weighted by molar-refractivity contribution is 7.71. The Hall–Kier alpha value is -1.99. The zero-order valence-electron chi connectivity index (χ0n) is 12.0. The standard InChI is InChI=1S/C14H17N3O3S/c1-3-20-13-5-4-10(9-15-13)11-8-12(18)16-14(21)17(11)6-7-19-2/h4-5,8-9H,3,6-7H2,1-2H3,(H,16,18,21). The molecule has 0 bridgehead atoms. The molecule has 0 aliphatic carbocycles. The van der Waals surface area contributed by atoms with E-state index < -0.39 is 0 Å². The Kier molecular flexibility index (Phi) is 5.24. The minimum absolute atomic E-state index is 0.238. The lowest BCUT2D eigenvalue weighted by atomic mass is 10.2. The first kappa shape index (κ1) is 15.4. The van der Waals surface area contributed by atoms with Gasteiger partial charge in [0.15, 0.2) is 4.77 Å². The fourth-order valence-electron chi connectivity index (χ4n) is 1.93. The van der Waals surface area contributed by atoms with Crippen LogP contribution in [0.2, 0.25) is 0 Å².